The average Bonchev–Trinajstić information content (AvgIpc) is 3.07. The fourth-order valence-corrected chi connectivity index (χ4v) is 2.93. The fraction of sp³-hybridized carbons (Fsp3) is 0.150. The summed E-state index contributed by atoms with van der Waals surface area (Å²) in [5.41, 5.74) is 11.2. The number of benzene rings is 2. The second-order valence-corrected chi connectivity index (χ2v) is 6.19. The predicted octanol–water partition coefficient (Wildman–Crippen LogP) is 3.78. The Kier molecular flexibility index (Phi) is 4.23. The second kappa shape index (κ2) is 6.84. The van der Waals surface area contributed by atoms with E-state index in [2.05, 4.69) is 56.7 Å². The first-order chi connectivity index (χ1) is 12.7. The predicted molar refractivity (Wildman–Crippen MR) is 105 cm³/mol. The van der Waals surface area contributed by atoms with E-state index >= 15 is 0 Å². The third-order valence-electron chi connectivity index (χ3n) is 4.43. The van der Waals surface area contributed by atoms with Crippen LogP contribution in [0.5, 0.6) is 0 Å². The summed E-state index contributed by atoms with van der Waals surface area (Å²) in [6.45, 7) is 2.86. The number of nitrogen functional groups attached to an aromatic ring is 1. The largest absolute Gasteiger partial charge is 0.382 e. The minimum Gasteiger partial charge on any atom is -0.382 e. The van der Waals surface area contributed by atoms with E-state index in [1.807, 2.05) is 30.6 Å². The normalized spacial score (nSPS) is 11.0. The molecule has 0 unspecified atom stereocenters. The summed E-state index contributed by atoms with van der Waals surface area (Å²) in [6.07, 6.45) is 4.67. The SMILES string of the molecule is CCc1cccc(CNc2ncc(-c3ccc4c(N)n[nH]c4c3)cn2)c1. The van der Waals surface area contributed by atoms with Gasteiger partial charge in [-0.05, 0) is 35.2 Å². The highest BCUT2D eigenvalue weighted by atomic mass is 15.1. The van der Waals surface area contributed by atoms with Gasteiger partial charge in [-0.2, -0.15) is 5.10 Å². The number of aromatic amines is 1. The molecule has 0 aliphatic carbocycles. The summed E-state index contributed by atoms with van der Waals surface area (Å²) in [6, 6.07) is 14.5. The molecule has 0 atom stereocenters. The Morgan fingerprint density at radius 3 is 2.62 bits per heavy atom. The summed E-state index contributed by atoms with van der Waals surface area (Å²) >= 11 is 0. The molecule has 0 aliphatic heterocycles. The lowest BCUT2D eigenvalue weighted by Crippen LogP contribution is -2.03. The fourth-order valence-electron chi connectivity index (χ4n) is 2.93. The van der Waals surface area contributed by atoms with E-state index in [4.69, 9.17) is 5.73 Å². The molecule has 2 heterocycles. The van der Waals surface area contributed by atoms with Gasteiger partial charge in [-0.1, -0.05) is 37.3 Å². The first kappa shape index (κ1) is 16.1. The molecule has 0 saturated carbocycles. The summed E-state index contributed by atoms with van der Waals surface area (Å²) in [5, 5.41) is 11.1. The van der Waals surface area contributed by atoms with Gasteiger partial charge < -0.3 is 11.1 Å². The van der Waals surface area contributed by atoms with Crippen molar-refractivity contribution in [1.82, 2.24) is 20.2 Å². The van der Waals surface area contributed by atoms with Crippen LogP contribution in [0.25, 0.3) is 22.0 Å². The monoisotopic (exact) mass is 344 g/mol. The van der Waals surface area contributed by atoms with Crippen LogP contribution in [0.15, 0.2) is 54.9 Å². The van der Waals surface area contributed by atoms with Crippen molar-refractivity contribution < 1.29 is 0 Å². The van der Waals surface area contributed by atoms with Crippen LogP contribution in [0.3, 0.4) is 0 Å². The highest BCUT2D eigenvalue weighted by molar-refractivity contribution is 5.91. The van der Waals surface area contributed by atoms with E-state index in [1.54, 1.807) is 0 Å². The van der Waals surface area contributed by atoms with Crippen LogP contribution in [0, 0.1) is 0 Å². The van der Waals surface area contributed by atoms with Crippen LogP contribution >= 0.6 is 0 Å². The Morgan fingerprint density at radius 2 is 1.81 bits per heavy atom. The van der Waals surface area contributed by atoms with Gasteiger partial charge in [-0.15, -0.1) is 0 Å². The molecule has 2 aromatic carbocycles. The Labute approximate surface area is 151 Å². The van der Waals surface area contributed by atoms with Gasteiger partial charge in [0, 0.05) is 29.9 Å². The van der Waals surface area contributed by atoms with Crippen molar-refractivity contribution in [3.05, 3.63) is 66.0 Å². The molecule has 2 aromatic heterocycles. The molecule has 0 radical (unpaired) electrons. The lowest BCUT2D eigenvalue weighted by molar-refractivity contribution is 1.04. The molecular formula is C20H20N6. The molecule has 4 N–H and O–H groups in total. The number of rotatable bonds is 5. The van der Waals surface area contributed by atoms with Gasteiger partial charge in [0.1, 0.15) is 0 Å². The third kappa shape index (κ3) is 3.21. The summed E-state index contributed by atoms with van der Waals surface area (Å²) in [4.78, 5) is 8.85. The maximum atomic E-state index is 5.81. The van der Waals surface area contributed by atoms with Crippen molar-refractivity contribution in [3.63, 3.8) is 0 Å². The highest BCUT2D eigenvalue weighted by Gasteiger charge is 2.06. The van der Waals surface area contributed by atoms with Crippen LogP contribution in [-0.2, 0) is 13.0 Å². The number of nitrogens with one attached hydrogen (secondary N) is 2. The number of anilines is 2. The van der Waals surface area contributed by atoms with Crippen LogP contribution in [0.2, 0.25) is 0 Å². The Bertz CT molecular complexity index is 1040. The number of H-pyrrole nitrogens is 1. The van der Waals surface area contributed by atoms with Gasteiger partial charge in [0.25, 0.3) is 0 Å². The number of aromatic nitrogens is 4. The number of fused-ring (bicyclic) bond motifs is 1. The van der Waals surface area contributed by atoms with Crippen LogP contribution < -0.4 is 11.1 Å². The van der Waals surface area contributed by atoms with E-state index in [0.29, 0.717) is 18.3 Å². The van der Waals surface area contributed by atoms with E-state index < -0.39 is 0 Å². The van der Waals surface area contributed by atoms with Crippen molar-refractivity contribution >= 4 is 22.7 Å². The number of hydrogen-bond donors (Lipinski definition) is 3. The molecule has 6 nitrogen and oxygen atoms in total. The van der Waals surface area contributed by atoms with E-state index in [0.717, 1.165) is 28.5 Å². The molecule has 0 amide bonds. The van der Waals surface area contributed by atoms with Crippen molar-refractivity contribution in [2.24, 2.45) is 0 Å². The number of aryl methyl sites for hydroxylation is 1. The van der Waals surface area contributed by atoms with E-state index in [-0.39, 0.29) is 0 Å². The highest BCUT2D eigenvalue weighted by Crippen LogP contribution is 2.25. The first-order valence-electron chi connectivity index (χ1n) is 8.60. The molecule has 0 saturated heterocycles. The first-order valence-corrected chi connectivity index (χ1v) is 8.60. The topological polar surface area (TPSA) is 92.5 Å². The quantitative estimate of drug-likeness (QED) is 0.512. The maximum Gasteiger partial charge on any atom is 0.222 e. The molecule has 0 spiro atoms. The zero-order valence-electron chi connectivity index (χ0n) is 14.5. The molecule has 0 fully saturated rings. The van der Waals surface area contributed by atoms with Crippen molar-refractivity contribution in [2.75, 3.05) is 11.1 Å². The molecular weight excluding hydrogens is 324 g/mol. The standard InChI is InChI=1S/C20H20N6/c1-2-13-4-3-5-14(8-13)10-22-20-23-11-16(12-24-20)15-6-7-17-18(9-15)25-26-19(17)21/h3-9,11-12H,2,10H2,1H3,(H3,21,25,26)(H,22,23,24). The third-order valence-corrected chi connectivity index (χ3v) is 4.43. The van der Waals surface area contributed by atoms with E-state index in [1.165, 1.54) is 11.1 Å². The number of nitrogens with zero attached hydrogens (tertiary/aromatic N) is 3. The Hall–Kier alpha value is -3.41. The van der Waals surface area contributed by atoms with Gasteiger partial charge in [-0.25, -0.2) is 9.97 Å². The van der Waals surface area contributed by atoms with Gasteiger partial charge in [0.05, 0.1) is 5.52 Å². The molecule has 0 bridgehead atoms. The maximum absolute atomic E-state index is 5.81. The molecule has 4 aromatic rings. The van der Waals surface area contributed by atoms with Gasteiger partial charge in [0.15, 0.2) is 5.82 Å². The zero-order valence-corrected chi connectivity index (χ0v) is 14.5. The summed E-state index contributed by atoms with van der Waals surface area (Å²) < 4.78 is 0. The molecule has 130 valence electrons. The average molecular weight is 344 g/mol. The Balaban J connectivity index is 1.48. The minimum absolute atomic E-state index is 0.509. The van der Waals surface area contributed by atoms with Gasteiger partial charge >= 0.3 is 0 Å². The summed E-state index contributed by atoms with van der Waals surface area (Å²) in [7, 11) is 0. The molecule has 4 rings (SSSR count). The Morgan fingerprint density at radius 1 is 1.00 bits per heavy atom. The smallest absolute Gasteiger partial charge is 0.222 e. The van der Waals surface area contributed by atoms with Crippen molar-refractivity contribution in [2.45, 2.75) is 19.9 Å². The van der Waals surface area contributed by atoms with Crippen LogP contribution in [0.4, 0.5) is 11.8 Å². The van der Waals surface area contributed by atoms with E-state index in [9.17, 15) is 0 Å². The molecule has 26 heavy (non-hydrogen) atoms. The number of hydrogen-bond acceptors (Lipinski definition) is 5. The minimum atomic E-state index is 0.509. The lowest BCUT2D eigenvalue weighted by atomic mass is 10.1. The lowest BCUT2D eigenvalue weighted by Gasteiger charge is -2.07. The van der Waals surface area contributed by atoms with Crippen molar-refractivity contribution in [3.8, 4) is 11.1 Å². The summed E-state index contributed by atoms with van der Waals surface area (Å²) in [5.74, 6) is 1.12. The van der Waals surface area contributed by atoms with Gasteiger partial charge in [-0.3, -0.25) is 5.10 Å². The number of nitrogens with two attached hydrogens (primary N) is 1. The molecule has 6 heteroatoms. The van der Waals surface area contributed by atoms with Crippen LogP contribution in [-0.4, -0.2) is 20.2 Å². The van der Waals surface area contributed by atoms with Crippen molar-refractivity contribution in [1.29, 1.82) is 0 Å². The van der Waals surface area contributed by atoms with Crippen LogP contribution in [0.1, 0.15) is 18.1 Å². The zero-order chi connectivity index (χ0) is 17.9. The molecule has 0 aliphatic rings. The second-order valence-electron chi connectivity index (χ2n) is 6.19. The van der Waals surface area contributed by atoms with Gasteiger partial charge in [0.2, 0.25) is 5.95 Å².